The third kappa shape index (κ3) is 12.1. The molecule has 1 aliphatic heterocycles. The number of halogens is 3. The molecule has 0 aromatic heterocycles. The summed E-state index contributed by atoms with van der Waals surface area (Å²) in [6.07, 6.45) is 1.23. The Morgan fingerprint density at radius 2 is 1.26 bits per heavy atom. The van der Waals surface area contributed by atoms with Crippen LogP contribution in [-0.2, 0) is 25.2 Å². The largest absolute Gasteiger partial charge is 2.00 e. The molecule has 0 aliphatic carbocycles. The van der Waals surface area contributed by atoms with Crippen LogP contribution in [0.3, 0.4) is 0 Å². The van der Waals surface area contributed by atoms with E-state index in [4.69, 9.17) is 0 Å². The van der Waals surface area contributed by atoms with Gasteiger partial charge in [0.15, 0.2) is 0 Å². The molecule has 0 saturated heterocycles. The molecule has 4 rings (SSSR count). The molecule has 0 radical (unpaired) electrons. The molecule has 8 heteroatoms. The van der Waals surface area contributed by atoms with Gasteiger partial charge in [0.1, 0.15) is 15.9 Å². The van der Waals surface area contributed by atoms with Gasteiger partial charge < -0.3 is 10.4 Å². The molecule has 0 N–H and O–H groups in total. The van der Waals surface area contributed by atoms with E-state index in [1.165, 1.54) is 15.9 Å². The van der Waals surface area contributed by atoms with E-state index in [0.29, 0.717) is 6.04 Å². The minimum Gasteiger partial charge on any atom is -0.876 e. The molecule has 3 aromatic carbocycles. The molecule has 0 amide bonds. The third-order valence-electron chi connectivity index (χ3n) is 4.94. The van der Waals surface area contributed by atoms with E-state index in [-0.39, 0.29) is 26.5 Å². The molecule has 0 saturated carbocycles. The number of allylic oxidation sites excluding steroid dienone is 5. The van der Waals surface area contributed by atoms with Crippen LogP contribution in [-0.4, -0.2) is 18.0 Å². The van der Waals surface area contributed by atoms with Gasteiger partial charge in [-0.2, -0.15) is 18.9 Å². The van der Waals surface area contributed by atoms with E-state index in [2.05, 4.69) is 109 Å². The maximum absolute atomic E-state index is 11.3. The van der Waals surface area contributed by atoms with Gasteiger partial charge in [0.2, 0.25) is 0 Å². The summed E-state index contributed by atoms with van der Waals surface area (Å²) in [5.74, 6) is -3.01. The number of hydrogen-bond donors (Lipinski definition) is 0. The van der Waals surface area contributed by atoms with Gasteiger partial charge in [0.25, 0.3) is 5.78 Å². The molecule has 0 bridgehead atoms. The predicted octanol–water partition coefficient (Wildman–Crippen LogP) is 5.78. The first kappa shape index (κ1) is 33.1. The Morgan fingerprint density at radius 1 is 0.868 bits per heavy atom. The fraction of sp³-hybridized carbons (Fsp3) is 0.167. The summed E-state index contributed by atoms with van der Waals surface area (Å²) in [6, 6.07) is 32.9. The molecule has 1 heterocycles. The Balaban J connectivity index is 0.000000322. The number of alkyl halides is 3. The van der Waals surface area contributed by atoms with Crippen LogP contribution in [0.15, 0.2) is 127 Å². The smallest absolute Gasteiger partial charge is 0.876 e. The summed E-state index contributed by atoms with van der Waals surface area (Å²) in [5.41, 5.74) is 1.13. The van der Waals surface area contributed by atoms with Crippen LogP contribution in [0.25, 0.3) is 5.32 Å². The second-order valence-electron chi connectivity index (χ2n) is 8.15. The summed E-state index contributed by atoms with van der Waals surface area (Å²) in [4.78, 5) is 9.87. The molecular formula is C30H30F3NO2PPd+. The minimum absolute atomic E-state index is 0. The van der Waals surface area contributed by atoms with Crippen molar-refractivity contribution < 1.29 is 43.5 Å². The minimum atomic E-state index is -4.92. The van der Waals surface area contributed by atoms with Gasteiger partial charge in [-0.05, 0) is 42.5 Å². The number of carbonyl (C=O) groups excluding carboxylic acids is 1. The van der Waals surface area contributed by atoms with Crippen molar-refractivity contribution in [1.29, 1.82) is 0 Å². The number of benzene rings is 3. The monoisotopic (exact) mass is 630 g/mol. The fourth-order valence-electron chi connectivity index (χ4n) is 3.34. The first-order valence-electron chi connectivity index (χ1n) is 11.6. The van der Waals surface area contributed by atoms with Crippen molar-refractivity contribution >= 4 is 29.6 Å². The Morgan fingerprint density at radius 3 is 1.50 bits per heavy atom. The number of ketones is 1. The van der Waals surface area contributed by atoms with Gasteiger partial charge in [0.05, 0.1) is 7.92 Å². The normalized spacial score (nSPS) is 14.4. The Labute approximate surface area is 237 Å². The summed E-state index contributed by atoms with van der Waals surface area (Å²) in [7, 11) is -0.877. The van der Waals surface area contributed by atoms with Crippen molar-refractivity contribution in [2.45, 2.75) is 33.0 Å². The van der Waals surface area contributed by atoms with Gasteiger partial charge in [0, 0.05) is 0 Å². The predicted molar refractivity (Wildman–Crippen MR) is 147 cm³/mol. The molecule has 1 atom stereocenters. The molecule has 0 spiro atoms. The van der Waals surface area contributed by atoms with Gasteiger partial charge in [-0.15, -0.1) is 11.8 Å². The zero-order valence-electron chi connectivity index (χ0n) is 21.3. The van der Waals surface area contributed by atoms with Crippen LogP contribution in [0.4, 0.5) is 13.2 Å². The van der Waals surface area contributed by atoms with Crippen molar-refractivity contribution in [2.24, 2.45) is 0 Å². The summed E-state index contributed by atoms with van der Waals surface area (Å²) >= 11 is 0. The number of nitrogens with zero attached hydrogens (tertiary/aromatic N) is 1. The van der Waals surface area contributed by atoms with Crippen LogP contribution >= 0.6 is 7.92 Å². The molecule has 0 fully saturated rings. The molecule has 1 aliphatic rings. The van der Waals surface area contributed by atoms with E-state index >= 15 is 0 Å². The van der Waals surface area contributed by atoms with E-state index in [1.807, 2.05) is 19.1 Å². The van der Waals surface area contributed by atoms with Gasteiger partial charge in [-0.1, -0.05) is 93.6 Å². The zero-order valence-corrected chi connectivity index (χ0v) is 23.8. The van der Waals surface area contributed by atoms with Gasteiger partial charge >= 0.3 is 26.6 Å². The molecule has 3 nitrogen and oxygen atoms in total. The number of rotatable bonds is 4. The molecule has 1 unspecified atom stereocenters. The van der Waals surface area contributed by atoms with Gasteiger partial charge in [-0.25, -0.2) is 0 Å². The second-order valence-corrected chi connectivity index (χ2v) is 10.6. The molecular weight excluding hydrogens is 601 g/mol. The van der Waals surface area contributed by atoms with Crippen LogP contribution in [0.1, 0.15) is 20.8 Å². The van der Waals surface area contributed by atoms with Crippen LogP contribution in [0, 0.1) is 0 Å². The number of carbonyl (C=O) groups is 1. The van der Waals surface area contributed by atoms with Gasteiger partial charge in [-0.3, -0.25) is 4.79 Å². The Kier molecular flexibility index (Phi) is 14.6. The fourth-order valence-corrected chi connectivity index (χ4v) is 5.92. The van der Waals surface area contributed by atoms with Crippen molar-refractivity contribution in [3.63, 3.8) is 0 Å². The van der Waals surface area contributed by atoms with Crippen LogP contribution in [0.2, 0.25) is 0 Å². The van der Waals surface area contributed by atoms with Crippen LogP contribution in [0.5, 0.6) is 0 Å². The third-order valence-corrected chi connectivity index (χ3v) is 7.67. The SMILES string of the molecule is CC([O-])=CC(=O)C(F)(F)F.CC1=CC=CC(C)[N-]1.[Pd+2].c1ccc([PH+](c2ccccc2)c2ccccc2)cc1. The molecule has 202 valence electrons. The van der Waals surface area contributed by atoms with Crippen molar-refractivity contribution in [3.05, 3.63) is 132 Å². The first-order chi connectivity index (χ1) is 17.6. The van der Waals surface area contributed by atoms with Crippen molar-refractivity contribution in [3.8, 4) is 0 Å². The van der Waals surface area contributed by atoms with Crippen molar-refractivity contribution in [2.75, 3.05) is 0 Å². The average Bonchev–Trinajstić information content (AvgIpc) is 2.86. The summed E-state index contributed by atoms with van der Waals surface area (Å²) in [6.45, 7) is 4.97. The van der Waals surface area contributed by atoms with E-state index in [0.717, 1.165) is 12.6 Å². The van der Waals surface area contributed by atoms with E-state index in [9.17, 15) is 23.1 Å². The quantitative estimate of drug-likeness (QED) is 0.159. The maximum Gasteiger partial charge on any atom is 2.00 e. The van der Waals surface area contributed by atoms with E-state index < -0.39 is 25.6 Å². The van der Waals surface area contributed by atoms with Crippen molar-refractivity contribution in [1.82, 2.24) is 0 Å². The second kappa shape index (κ2) is 16.8. The average molecular weight is 631 g/mol. The molecule has 38 heavy (non-hydrogen) atoms. The van der Waals surface area contributed by atoms with E-state index in [1.54, 1.807) is 0 Å². The first-order valence-corrected chi connectivity index (χ1v) is 13.1. The molecule has 3 aromatic rings. The topological polar surface area (TPSA) is 54.2 Å². The Bertz CT molecular complexity index is 1100. The summed E-state index contributed by atoms with van der Waals surface area (Å²) < 4.78 is 33.8. The summed E-state index contributed by atoms with van der Waals surface area (Å²) in [5, 5.41) is 18.5. The zero-order chi connectivity index (χ0) is 27.3. The standard InChI is InChI=1S/C18H15P.C7H10N.C5H5F3O2.Pd/c1-4-10-16(11-5-1)19(17-12-6-2-7-13-17)18-14-8-3-9-15-18;1-6-4-3-5-7(2)8-6;1-3(9)2-4(10)5(6,7)8;/h1-15H;3-6H,1-2H3;2,9H,1H3;/q;-1;;+2. The van der Waals surface area contributed by atoms with Crippen LogP contribution < -0.4 is 21.0 Å². The maximum atomic E-state index is 11.3. The Hall–Kier alpha value is -2.97. The number of hydrogen-bond acceptors (Lipinski definition) is 2.